The Morgan fingerprint density at radius 3 is 2.86 bits per heavy atom. The van der Waals surface area contributed by atoms with Gasteiger partial charge in [0.15, 0.2) is 5.82 Å². The van der Waals surface area contributed by atoms with E-state index in [0.29, 0.717) is 0 Å². The van der Waals surface area contributed by atoms with Gasteiger partial charge in [0.1, 0.15) is 5.65 Å². The molecule has 0 aliphatic carbocycles. The Hall–Kier alpha value is -1.59. The van der Waals surface area contributed by atoms with E-state index >= 15 is 0 Å². The van der Waals surface area contributed by atoms with E-state index in [0.717, 1.165) is 44.2 Å². The van der Waals surface area contributed by atoms with Crippen LogP contribution in [0.1, 0.15) is 26.5 Å². The van der Waals surface area contributed by atoms with Gasteiger partial charge in [0.2, 0.25) is 0 Å². The summed E-state index contributed by atoms with van der Waals surface area (Å²) in [7, 11) is 0. The highest BCUT2D eigenvalue weighted by molar-refractivity contribution is 5.56. The molecule has 5 heteroatoms. The Labute approximate surface area is 126 Å². The van der Waals surface area contributed by atoms with Crippen molar-refractivity contribution in [2.45, 2.75) is 33.2 Å². The molecule has 5 nitrogen and oxygen atoms in total. The average molecular weight is 290 g/mol. The second-order valence-corrected chi connectivity index (χ2v) is 5.27. The maximum Gasteiger partial charge on any atom is 0.151 e. The summed E-state index contributed by atoms with van der Waals surface area (Å²) < 4.78 is 7.62. The smallest absolute Gasteiger partial charge is 0.151 e. The average Bonchev–Trinajstić information content (AvgIpc) is 2.82. The number of fused-ring (bicyclic) bond motifs is 1. The zero-order valence-corrected chi connectivity index (χ0v) is 13.2. The summed E-state index contributed by atoms with van der Waals surface area (Å²) in [5.41, 5.74) is 8.17. The number of aromatic nitrogens is 2. The van der Waals surface area contributed by atoms with Gasteiger partial charge >= 0.3 is 0 Å². The number of likely N-dealkylation sites (N-methyl/N-ethyl adjacent to an activating group) is 1. The van der Waals surface area contributed by atoms with Crippen molar-refractivity contribution in [3.63, 3.8) is 0 Å². The van der Waals surface area contributed by atoms with Crippen LogP contribution in [0.2, 0.25) is 0 Å². The third-order valence-electron chi connectivity index (χ3n) is 3.51. The minimum atomic E-state index is 0.106. The predicted octanol–water partition coefficient (Wildman–Crippen LogP) is 2.09. The van der Waals surface area contributed by atoms with Crippen LogP contribution in [-0.4, -0.2) is 41.7 Å². The summed E-state index contributed by atoms with van der Waals surface area (Å²) in [5.74, 6) is 1.03. The largest absolute Gasteiger partial charge is 0.380 e. The van der Waals surface area contributed by atoms with Crippen LogP contribution in [0.25, 0.3) is 5.65 Å². The van der Waals surface area contributed by atoms with Crippen LogP contribution in [0, 0.1) is 0 Å². The summed E-state index contributed by atoms with van der Waals surface area (Å²) in [5, 5.41) is 0. The van der Waals surface area contributed by atoms with Crippen LogP contribution in [0.15, 0.2) is 24.4 Å². The Kier molecular flexibility index (Phi) is 5.59. The van der Waals surface area contributed by atoms with Gasteiger partial charge in [-0.3, -0.25) is 0 Å². The molecular formula is C16H26N4O. The first-order valence-corrected chi connectivity index (χ1v) is 7.71. The number of rotatable bonds is 8. The molecule has 0 aliphatic rings. The number of hydrogen-bond donors (Lipinski definition) is 1. The lowest BCUT2D eigenvalue weighted by Gasteiger charge is -2.22. The molecule has 2 rings (SSSR count). The van der Waals surface area contributed by atoms with E-state index in [9.17, 15) is 0 Å². The minimum Gasteiger partial charge on any atom is -0.380 e. The number of anilines is 1. The zero-order chi connectivity index (χ0) is 15.2. The second kappa shape index (κ2) is 7.43. The molecule has 0 radical (unpaired) electrons. The van der Waals surface area contributed by atoms with E-state index in [2.05, 4.69) is 22.4 Å². The number of pyridine rings is 1. The summed E-state index contributed by atoms with van der Waals surface area (Å²) in [4.78, 5) is 7.06. The van der Waals surface area contributed by atoms with Crippen molar-refractivity contribution in [3.05, 3.63) is 30.1 Å². The first kappa shape index (κ1) is 15.8. The van der Waals surface area contributed by atoms with Gasteiger partial charge in [-0.1, -0.05) is 6.07 Å². The number of nitrogens with zero attached hydrogens (tertiary/aromatic N) is 3. The van der Waals surface area contributed by atoms with Crippen molar-refractivity contribution >= 4 is 11.5 Å². The summed E-state index contributed by atoms with van der Waals surface area (Å²) in [6, 6.07) is 6.18. The van der Waals surface area contributed by atoms with Crippen LogP contribution in [0.5, 0.6) is 0 Å². The van der Waals surface area contributed by atoms with Crippen molar-refractivity contribution in [2.75, 3.05) is 31.2 Å². The molecule has 0 fully saturated rings. The molecule has 0 bridgehead atoms. The first-order chi connectivity index (χ1) is 10.2. The molecule has 1 atom stereocenters. The maximum absolute atomic E-state index is 6.02. The Bertz CT molecular complexity index is 564. The molecule has 0 saturated heterocycles. The van der Waals surface area contributed by atoms with Crippen LogP contribution in [0.4, 0.5) is 5.82 Å². The van der Waals surface area contributed by atoms with E-state index in [1.807, 2.05) is 32.0 Å². The highest BCUT2D eigenvalue weighted by atomic mass is 16.5. The molecule has 0 aliphatic heterocycles. The summed E-state index contributed by atoms with van der Waals surface area (Å²) in [6.45, 7) is 9.41. The molecule has 116 valence electrons. The maximum atomic E-state index is 6.02. The number of ether oxygens (including phenoxy) is 1. The number of hydrogen-bond acceptors (Lipinski definition) is 4. The number of imidazole rings is 1. The van der Waals surface area contributed by atoms with Crippen LogP contribution in [-0.2, 0) is 11.2 Å². The molecule has 2 aromatic rings. The Morgan fingerprint density at radius 1 is 1.38 bits per heavy atom. The van der Waals surface area contributed by atoms with Crippen LogP contribution < -0.4 is 10.6 Å². The summed E-state index contributed by atoms with van der Waals surface area (Å²) >= 11 is 0. The molecular weight excluding hydrogens is 264 g/mol. The Morgan fingerprint density at radius 2 is 2.19 bits per heavy atom. The van der Waals surface area contributed by atoms with Gasteiger partial charge in [-0.05, 0) is 32.9 Å². The molecule has 0 spiro atoms. The lowest BCUT2D eigenvalue weighted by atomic mass is 10.2. The topological polar surface area (TPSA) is 55.8 Å². The fraction of sp³-hybridized carbons (Fsp3) is 0.562. The Balaban J connectivity index is 2.35. The third kappa shape index (κ3) is 3.74. The van der Waals surface area contributed by atoms with E-state index < -0.39 is 0 Å². The molecule has 0 saturated carbocycles. The lowest BCUT2D eigenvalue weighted by molar-refractivity contribution is 0.154. The molecule has 0 aromatic carbocycles. The van der Waals surface area contributed by atoms with Crippen molar-refractivity contribution < 1.29 is 4.74 Å². The van der Waals surface area contributed by atoms with Gasteiger partial charge in [-0.2, -0.15) is 0 Å². The van der Waals surface area contributed by atoms with Gasteiger partial charge in [0, 0.05) is 38.4 Å². The normalized spacial score (nSPS) is 12.8. The third-order valence-corrected chi connectivity index (χ3v) is 3.51. The van der Waals surface area contributed by atoms with Gasteiger partial charge in [-0.25, -0.2) is 4.98 Å². The highest BCUT2D eigenvalue weighted by Crippen LogP contribution is 2.22. The predicted molar refractivity (Wildman–Crippen MR) is 86.9 cm³/mol. The standard InChI is InChI=1S/C16H26N4O/c1-4-19(10-11-21-5-2)16-14(12-13(3)17)20-9-7-6-8-15(20)18-16/h6-9,13H,4-5,10-12,17H2,1-3H3. The van der Waals surface area contributed by atoms with Crippen molar-refractivity contribution in [3.8, 4) is 0 Å². The van der Waals surface area contributed by atoms with E-state index in [1.54, 1.807) is 0 Å². The van der Waals surface area contributed by atoms with Crippen molar-refractivity contribution in [1.29, 1.82) is 0 Å². The second-order valence-electron chi connectivity index (χ2n) is 5.27. The molecule has 21 heavy (non-hydrogen) atoms. The van der Waals surface area contributed by atoms with Gasteiger partial charge in [-0.15, -0.1) is 0 Å². The molecule has 2 aromatic heterocycles. The van der Waals surface area contributed by atoms with Gasteiger partial charge < -0.3 is 19.8 Å². The lowest BCUT2D eigenvalue weighted by Crippen LogP contribution is -2.29. The fourth-order valence-electron chi connectivity index (χ4n) is 2.51. The van der Waals surface area contributed by atoms with E-state index in [-0.39, 0.29) is 6.04 Å². The fourth-order valence-corrected chi connectivity index (χ4v) is 2.51. The van der Waals surface area contributed by atoms with Gasteiger partial charge in [0.25, 0.3) is 0 Å². The van der Waals surface area contributed by atoms with Crippen LogP contribution >= 0.6 is 0 Å². The van der Waals surface area contributed by atoms with Crippen molar-refractivity contribution in [2.24, 2.45) is 5.73 Å². The minimum absolute atomic E-state index is 0.106. The first-order valence-electron chi connectivity index (χ1n) is 7.71. The molecule has 2 heterocycles. The highest BCUT2D eigenvalue weighted by Gasteiger charge is 2.18. The van der Waals surface area contributed by atoms with Crippen molar-refractivity contribution in [1.82, 2.24) is 9.38 Å². The summed E-state index contributed by atoms with van der Waals surface area (Å²) in [6.07, 6.45) is 2.87. The SMILES string of the molecule is CCOCCN(CC)c1nc2ccccn2c1CC(C)N. The number of nitrogens with two attached hydrogens (primary N) is 1. The van der Waals surface area contributed by atoms with Gasteiger partial charge in [0.05, 0.1) is 12.3 Å². The molecule has 1 unspecified atom stereocenters. The van der Waals surface area contributed by atoms with E-state index in [1.165, 1.54) is 5.69 Å². The van der Waals surface area contributed by atoms with Crippen LogP contribution in [0.3, 0.4) is 0 Å². The molecule has 0 amide bonds. The monoisotopic (exact) mass is 290 g/mol. The molecule has 2 N–H and O–H groups in total. The van der Waals surface area contributed by atoms with E-state index in [4.69, 9.17) is 15.5 Å². The quantitative estimate of drug-likeness (QED) is 0.756. The zero-order valence-electron chi connectivity index (χ0n) is 13.2.